The molecule has 0 radical (unpaired) electrons. The van der Waals surface area contributed by atoms with Crippen molar-refractivity contribution < 1.29 is 28.5 Å². The molecule has 0 aliphatic carbocycles. The number of carbonyl (C=O) groups excluding carboxylic acids is 2. The Bertz CT molecular complexity index is 1190. The Kier molecular flexibility index (Phi) is 8.50. The summed E-state index contributed by atoms with van der Waals surface area (Å²) in [4.78, 5) is 23.6. The number of amides is 2. The molecule has 1 aromatic heterocycles. The van der Waals surface area contributed by atoms with E-state index in [9.17, 15) is 9.59 Å². The van der Waals surface area contributed by atoms with Crippen LogP contribution in [0.1, 0.15) is 12.8 Å². The molecular formula is C24H28N4O6S. The van der Waals surface area contributed by atoms with Gasteiger partial charge in [0.15, 0.2) is 11.5 Å². The largest absolute Gasteiger partial charge is 0.495 e. The molecule has 0 unspecified atom stereocenters. The van der Waals surface area contributed by atoms with Gasteiger partial charge in [-0.05, 0) is 47.8 Å². The third kappa shape index (κ3) is 5.81. The molecule has 1 atom stereocenters. The predicted octanol–water partition coefficient (Wildman–Crippen LogP) is 3.04. The lowest BCUT2D eigenvalue weighted by Crippen LogP contribution is -2.36. The smallest absolute Gasteiger partial charge is 0.241 e. The standard InChI is InChI=1S/C24H28N4O6S/c1-31-18-7-5-13(9-17(18)27-24(30)16(25)6-8-21(26)29)15-12-35-28-22(15)14-10-19(32-2)23(34-4)20(11-14)33-3/h5,7,9-12,16H,6,8,25H2,1-4H3,(H2,26,29)(H,27,30)/t16-/m0/s1. The highest BCUT2D eigenvalue weighted by molar-refractivity contribution is 7.04. The minimum atomic E-state index is -0.895. The molecule has 0 bridgehead atoms. The first-order chi connectivity index (χ1) is 16.8. The Hall–Kier alpha value is -3.83. The van der Waals surface area contributed by atoms with Crippen molar-refractivity contribution in [3.8, 4) is 45.4 Å². The van der Waals surface area contributed by atoms with E-state index in [2.05, 4.69) is 9.69 Å². The number of anilines is 1. The number of methoxy groups -OCH3 is 4. The van der Waals surface area contributed by atoms with E-state index in [0.717, 1.165) is 16.7 Å². The molecule has 0 aliphatic heterocycles. The Labute approximate surface area is 207 Å². The monoisotopic (exact) mass is 500 g/mol. The highest BCUT2D eigenvalue weighted by Gasteiger charge is 2.20. The predicted molar refractivity (Wildman–Crippen MR) is 134 cm³/mol. The molecule has 2 aromatic carbocycles. The molecule has 3 rings (SSSR count). The van der Waals surface area contributed by atoms with E-state index in [1.807, 2.05) is 23.6 Å². The first-order valence-electron chi connectivity index (χ1n) is 10.6. The van der Waals surface area contributed by atoms with Crippen molar-refractivity contribution >= 4 is 29.0 Å². The van der Waals surface area contributed by atoms with Crippen LogP contribution in [0.15, 0.2) is 35.7 Å². The summed E-state index contributed by atoms with van der Waals surface area (Å²) in [5.41, 5.74) is 14.6. The molecule has 5 N–H and O–H groups in total. The van der Waals surface area contributed by atoms with Gasteiger partial charge in [-0.15, -0.1) is 0 Å². The van der Waals surface area contributed by atoms with Gasteiger partial charge in [0.2, 0.25) is 17.6 Å². The minimum absolute atomic E-state index is 0.0183. The van der Waals surface area contributed by atoms with Crippen molar-refractivity contribution in [1.82, 2.24) is 4.37 Å². The first-order valence-corrected chi connectivity index (χ1v) is 11.4. The molecule has 0 saturated heterocycles. The van der Waals surface area contributed by atoms with Crippen LogP contribution < -0.4 is 35.7 Å². The Morgan fingerprint density at radius 1 is 0.971 bits per heavy atom. The second kappa shape index (κ2) is 11.5. The van der Waals surface area contributed by atoms with Crippen molar-refractivity contribution in [2.45, 2.75) is 18.9 Å². The Balaban J connectivity index is 1.98. The average molecular weight is 501 g/mol. The highest BCUT2D eigenvalue weighted by atomic mass is 32.1. The van der Waals surface area contributed by atoms with Crippen LogP contribution >= 0.6 is 11.5 Å². The zero-order valence-electron chi connectivity index (χ0n) is 19.9. The lowest BCUT2D eigenvalue weighted by molar-refractivity contribution is -0.119. The third-order valence-electron chi connectivity index (χ3n) is 5.31. The van der Waals surface area contributed by atoms with Crippen LogP contribution in [-0.2, 0) is 9.59 Å². The number of rotatable bonds is 11. The molecule has 2 amide bonds. The number of nitrogens with two attached hydrogens (primary N) is 2. The number of ether oxygens (including phenoxy) is 4. The number of carbonyl (C=O) groups is 2. The van der Waals surface area contributed by atoms with Crippen molar-refractivity contribution in [1.29, 1.82) is 0 Å². The quantitative estimate of drug-likeness (QED) is 0.364. The molecule has 11 heteroatoms. The first kappa shape index (κ1) is 25.8. The highest BCUT2D eigenvalue weighted by Crippen LogP contribution is 2.44. The summed E-state index contributed by atoms with van der Waals surface area (Å²) >= 11 is 1.29. The number of benzene rings is 2. The Morgan fingerprint density at radius 3 is 2.20 bits per heavy atom. The molecule has 0 fully saturated rings. The maximum atomic E-state index is 12.6. The van der Waals surface area contributed by atoms with E-state index in [1.165, 1.54) is 18.6 Å². The van der Waals surface area contributed by atoms with Crippen molar-refractivity contribution in [3.63, 3.8) is 0 Å². The summed E-state index contributed by atoms with van der Waals surface area (Å²) in [6.45, 7) is 0. The molecule has 186 valence electrons. The zero-order valence-corrected chi connectivity index (χ0v) is 20.7. The number of nitrogens with zero attached hydrogens (tertiary/aromatic N) is 1. The van der Waals surface area contributed by atoms with Crippen LogP contribution in [0.25, 0.3) is 22.4 Å². The second-order valence-electron chi connectivity index (χ2n) is 7.51. The van der Waals surface area contributed by atoms with Gasteiger partial charge < -0.3 is 35.7 Å². The molecular weight excluding hydrogens is 472 g/mol. The van der Waals surface area contributed by atoms with Crippen molar-refractivity contribution in [2.24, 2.45) is 11.5 Å². The fourth-order valence-corrected chi connectivity index (χ4v) is 4.21. The van der Waals surface area contributed by atoms with Gasteiger partial charge in [0.05, 0.1) is 45.9 Å². The number of hydrogen-bond acceptors (Lipinski definition) is 9. The van der Waals surface area contributed by atoms with Crippen LogP contribution in [0.4, 0.5) is 5.69 Å². The van der Waals surface area contributed by atoms with Gasteiger partial charge in [-0.2, -0.15) is 4.37 Å². The summed E-state index contributed by atoms with van der Waals surface area (Å²) in [5.74, 6) is 0.994. The van der Waals surface area contributed by atoms with Gasteiger partial charge in [-0.3, -0.25) is 9.59 Å². The van der Waals surface area contributed by atoms with Crippen LogP contribution in [0, 0.1) is 0 Å². The summed E-state index contributed by atoms with van der Waals surface area (Å²) in [7, 11) is 6.15. The van der Waals surface area contributed by atoms with Crippen molar-refractivity contribution in [3.05, 3.63) is 35.7 Å². The van der Waals surface area contributed by atoms with E-state index < -0.39 is 17.9 Å². The lowest BCUT2D eigenvalue weighted by atomic mass is 10.0. The molecule has 0 spiro atoms. The van der Waals surface area contributed by atoms with Crippen LogP contribution in [-0.4, -0.2) is 50.7 Å². The number of nitrogens with one attached hydrogen (secondary N) is 1. The van der Waals surface area contributed by atoms with Gasteiger partial charge >= 0.3 is 0 Å². The average Bonchev–Trinajstić information content (AvgIpc) is 3.36. The summed E-state index contributed by atoms with van der Waals surface area (Å²) in [6, 6.07) is 8.15. The molecule has 3 aromatic rings. The van der Waals surface area contributed by atoms with Gasteiger partial charge in [0, 0.05) is 22.9 Å². The topological polar surface area (TPSA) is 148 Å². The van der Waals surface area contributed by atoms with E-state index in [4.69, 9.17) is 30.4 Å². The van der Waals surface area contributed by atoms with Gasteiger partial charge in [0.1, 0.15) is 5.75 Å². The SMILES string of the molecule is COc1ccc(-c2csnc2-c2cc(OC)c(OC)c(OC)c2)cc1NC(=O)[C@@H](N)CCC(N)=O. The number of hydrogen-bond donors (Lipinski definition) is 3. The van der Waals surface area contributed by atoms with Gasteiger partial charge in [-0.25, -0.2) is 0 Å². The fraction of sp³-hybridized carbons (Fsp3) is 0.292. The zero-order chi connectivity index (χ0) is 25.5. The number of primary amides is 1. The van der Waals surface area contributed by atoms with Crippen molar-refractivity contribution in [2.75, 3.05) is 33.8 Å². The van der Waals surface area contributed by atoms with E-state index >= 15 is 0 Å². The minimum Gasteiger partial charge on any atom is -0.495 e. The molecule has 0 saturated carbocycles. The van der Waals surface area contributed by atoms with Gasteiger partial charge in [0.25, 0.3) is 0 Å². The van der Waals surface area contributed by atoms with Crippen LogP contribution in [0.5, 0.6) is 23.0 Å². The van der Waals surface area contributed by atoms with Gasteiger partial charge in [-0.1, -0.05) is 6.07 Å². The summed E-state index contributed by atoms with van der Waals surface area (Å²) < 4.78 is 26.4. The third-order valence-corrected chi connectivity index (χ3v) is 5.94. The Morgan fingerprint density at radius 2 is 1.63 bits per heavy atom. The van der Waals surface area contributed by atoms with Crippen LogP contribution in [0.2, 0.25) is 0 Å². The molecule has 35 heavy (non-hydrogen) atoms. The normalized spacial score (nSPS) is 11.5. The summed E-state index contributed by atoms with van der Waals surface area (Å²) in [5, 5.41) is 4.69. The maximum Gasteiger partial charge on any atom is 0.241 e. The lowest BCUT2D eigenvalue weighted by Gasteiger charge is -2.16. The molecule has 0 aliphatic rings. The molecule has 10 nitrogen and oxygen atoms in total. The summed E-state index contributed by atoms with van der Waals surface area (Å²) in [6.07, 6.45) is 0.160. The molecule has 1 heterocycles. The second-order valence-corrected chi connectivity index (χ2v) is 8.14. The fourth-order valence-electron chi connectivity index (χ4n) is 3.50. The number of aromatic nitrogens is 1. The maximum absolute atomic E-state index is 12.6. The van der Waals surface area contributed by atoms with E-state index in [-0.39, 0.29) is 12.8 Å². The van der Waals surface area contributed by atoms with E-state index in [1.54, 1.807) is 33.5 Å². The van der Waals surface area contributed by atoms with E-state index in [0.29, 0.717) is 34.4 Å². The van der Waals surface area contributed by atoms with Crippen LogP contribution in [0.3, 0.4) is 0 Å².